The van der Waals surface area contributed by atoms with E-state index in [1.54, 1.807) is 6.92 Å². The normalized spacial score (nSPS) is 12.7. The van der Waals surface area contributed by atoms with Crippen molar-refractivity contribution in [3.8, 4) is 0 Å². The van der Waals surface area contributed by atoms with Crippen molar-refractivity contribution in [1.29, 1.82) is 0 Å². The topological polar surface area (TPSA) is 205 Å². The zero-order valence-corrected chi connectivity index (χ0v) is 25.3. The smallest absolute Gasteiger partial charge is 0.326 e. The molecule has 0 aliphatic carbocycles. The summed E-state index contributed by atoms with van der Waals surface area (Å²) in [4.78, 5) is 81.8. The molecule has 0 aliphatic rings. The SMILES string of the molecule is CCC(=O)[C@H](Cc1ccccc1)NC(=O)CCCCCCCCC(=O)CC[C@H](NC(=O)N[C@@H](CCC(=O)O)OC=O)C(=O)O. The molecule has 44 heavy (non-hydrogen) atoms. The van der Waals surface area contributed by atoms with E-state index < -0.39 is 36.3 Å². The number of carboxylic acids is 2. The van der Waals surface area contributed by atoms with E-state index in [4.69, 9.17) is 5.11 Å². The summed E-state index contributed by atoms with van der Waals surface area (Å²) in [5.41, 5.74) is 0.992. The molecule has 0 fully saturated rings. The van der Waals surface area contributed by atoms with Crippen LogP contribution < -0.4 is 16.0 Å². The number of carbonyl (C=O) groups is 7. The number of hydrogen-bond acceptors (Lipinski definition) is 8. The van der Waals surface area contributed by atoms with Gasteiger partial charge in [-0.1, -0.05) is 62.9 Å². The van der Waals surface area contributed by atoms with Crippen LogP contribution in [0.1, 0.15) is 96.0 Å². The van der Waals surface area contributed by atoms with Crippen molar-refractivity contribution in [2.45, 2.75) is 115 Å². The van der Waals surface area contributed by atoms with Crippen molar-refractivity contribution in [2.75, 3.05) is 0 Å². The van der Waals surface area contributed by atoms with Gasteiger partial charge in [0, 0.05) is 32.1 Å². The van der Waals surface area contributed by atoms with Gasteiger partial charge in [0.1, 0.15) is 11.8 Å². The summed E-state index contributed by atoms with van der Waals surface area (Å²) < 4.78 is 4.60. The molecule has 0 saturated heterocycles. The van der Waals surface area contributed by atoms with E-state index >= 15 is 0 Å². The molecule has 13 nitrogen and oxygen atoms in total. The minimum atomic E-state index is -1.36. The molecule has 244 valence electrons. The second-order valence-corrected chi connectivity index (χ2v) is 10.5. The van der Waals surface area contributed by atoms with Gasteiger partial charge in [-0.05, 0) is 31.2 Å². The van der Waals surface area contributed by atoms with Gasteiger partial charge < -0.3 is 30.9 Å². The van der Waals surface area contributed by atoms with E-state index in [-0.39, 0.29) is 56.0 Å². The number of amides is 3. The Bertz CT molecular complexity index is 1080. The van der Waals surface area contributed by atoms with Crippen LogP contribution in [0.5, 0.6) is 0 Å². The molecular weight excluding hydrogens is 574 g/mol. The highest BCUT2D eigenvalue weighted by molar-refractivity contribution is 5.89. The Morgan fingerprint density at radius 3 is 2.00 bits per heavy atom. The molecule has 1 rings (SSSR count). The highest BCUT2D eigenvalue weighted by atomic mass is 16.5. The van der Waals surface area contributed by atoms with E-state index in [2.05, 4.69) is 20.7 Å². The summed E-state index contributed by atoms with van der Waals surface area (Å²) in [6, 6.07) is 6.70. The predicted octanol–water partition coefficient (Wildman–Crippen LogP) is 3.28. The molecule has 0 heterocycles. The second-order valence-electron chi connectivity index (χ2n) is 10.5. The Labute approximate surface area is 257 Å². The lowest BCUT2D eigenvalue weighted by Crippen LogP contribution is -2.49. The summed E-state index contributed by atoms with van der Waals surface area (Å²) in [7, 11) is 0. The van der Waals surface area contributed by atoms with Gasteiger partial charge in [0.2, 0.25) is 5.91 Å². The van der Waals surface area contributed by atoms with Crippen molar-refractivity contribution in [1.82, 2.24) is 16.0 Å². The van der Waals surface area contributed by atoms with Crippen molar-refractivity contribution >= 4 is 41.9 Å². The van der Waals surface area contributed by atoms with Crippen LogP contribution in [0.25, 0.3) is 0 Å². The molecule has 3 amide bonds. The number of urea groups is 1. The van der Waals surface area contributed by atoms with Gasteiger partial charge in [0.25, 0.3) is 6.47 Å². The summed E-state index contributed by atoms with van der Waals surface area (Å²) in [5, 5.41) is 25.4. The second kappa shape index (κ2) is 22.3. The van der Waals surface area contributed by atoms with Gasteiger partial charge in [-0.3, -0.25) is 24.0 Å². The Kier molecular flexibility index (Phi) is 19.1. The number of ketones is 2. The standard InChI is InChI=1S/C31H45N3O10/c1-2-26(37)25(20-22-12-8-7-9-13-22)32-27(38)15-11-6-4-3-5-10-14-23(36)16-17-24(30(41)42)33-31(43)34-28(44-21-35)18-19-29(39)40/h7-9,12-13,21,24-25,28H,2-6,10-11,14-20H2,1H3,(H,32,38)(H,39,40)(H,41,42)(H2,33,34,43)/t24-,25-,28+/m0/s1. The zero-order chi connectivity index (χ0) is 32.7. The zero-order valence-electron chi connectivity index (χ0n) is 25.3. The molecule has 0 saturated carbocycles. The third-order valence-corrected chi connectivity index (χ3v) is 6.91. The molecule has 1 aromatic rings. The molecular formula is C31H45N3O10. The Hall–Kier alpha value is -4.29. The summed E-state index contributed by atoms with van der Waals surface area (Å²) >= 11 is 0. The molecule has 3 atom stereocenters. The van der Waals surface area contributed by atoms with E-state index in [0.29, 0.717) is 32.1 Å². The maximum absolute atomic E-state index is 12.4. The number of unbranched alkanes of at least 4 members (excludes halogenated alkanes) is 5. The number of nitrogens with one attached hydrogen (secondary N) is 3. The van der Waals surface area contributed by atoms with E-state index in [1.807, 2.05) is 30.3 Å². The Morgan fingerprint density at radius 2 is 1.41 bits per heavy atom. The lowest BCUT2D eigenvalue weighted by Gasteiger charge is -2.19. The first kappa shape index (κ1) is 37.7. The highest BCUT2D eigenvalue weighted by Gasteiger charge is 2.23. The van der Waals surface area contributed by atoms with Crippen molar-refractivity contribution < 1.29 is 48.5 Å². The molecule has 0 spiro atoms. The number of Topliss-reactive ketones (excluding diaryl/α,β-unsaturated/α-hetero) is 2. The van der Waals surface area contributed by atoms with Crippen LogP contribution in [0.3, 0.4) is 0 Å². The number of hydrogen-bond donors (Lipinski definition) is 5. The number of benzene rings is 1. The Morgan fingerprint density at radius 1 is 0.773 bits per heavy atom. The van der Waals surface area contributed by atoms with Crippen LogP contribution in [0, 0.1) is 0 Å². The minimum Gasteiger partial charge on any atom is -0.481 e. The first-order valence-electron chi connectivity index (χ1n) is 15.0. The maximum atomic E-state index is 12.4. The van der Waals surface area contributed by atoms with E-state index in [9.17, 15) is 38.7 Å². The maximum Gasteiger partial charge on any atom is 0.326 e. The fourth-order valence-electron chi connectivity index (χ4n) is 4.45. The number of aliphatic carboxylic acids is 2. The molecule has 13 heteroatoms. The Balaban J connectivity index is 2.24. The third kappa shape index (κ3) is 17.6. The van der Waals surface area contributed by atoms with Gasteiger partial charge in [-0.15, -0.1) is 0 Å². The van der Waals surface area contributed by atoms with Crippen molar-refractivity contribution in [3.63, 3.8) is 0 Å². The van der Waals surface area contributed by atoms with Crippen LogP contribution in [-0.4, -0.2) is 70.4 Å². The fourth-order valence-corrected chi connectivity index (χ4v) is 4.45. The van der Waals surface area contributed by atoms with Crippen molar-refractivity contribution in [3.05, 3.63) is 35.9 Å². The number of carboxylic acid groups (broad SMARTS) is 2. The van der Waals surface area contributed by atoms with Gasteiger partial charge in [-0.25, -0.2) is 9.59 Å². The van der Waals surface area contributed by atoms with Crippen LogP contribution in [0.2, 0.25) is 0 Å². The lowest BCUT2D eigenvalue weighted by molar-refractivity contribution is -0.141. The first-order chi connectivity index (χ1) is 21.0. The van der Waals surface area contributed by atoms with Crippen LogP contribution in [-0.2, 0) is 39.9 Å². The molecule has 0 aromatic heterocycles. The molecule has 0 unspecified atom stereocenters. The quantitative estimate of drug-likeness (QED) is 0.0613. The fraction of sp³-hybridized carbons (Fsp3) is 0.581. The van der Waals surface area contributed by atoms with Crippen LogP contribution in [0.4, 0.5) is 4.79 Å². The molecule has 0 bridgehead atoms. The largest absolute Gasteiger partial charge is 0.481 e. The average molecular weight is 620 g/mol. The average Bonchev–Trinajstić information content (AvgIpc) is 2.99. The minimum absolute atomic E-state index is 0.00119. The van der Waals surface area contributed by atoms with Gasteiger partial charge >= 0.3 is 18.0 Å². The summed E-state index contributed by atoms with van der Waals surface area (Å²) in [5.74, 6) is -2.78. The lowest BCUT2D eigenvalue weighted by atomic mass is 10.0. The molecule has 5 N–H and O–H groups in total. The number of rotatable bonds is 25. The molecule has 0 radical (unpaired) electrons. The van der Waals surface area contributed by atoms with Crippen LogP contribution in [0.15, 0.2) is 30.3 Å². The monoisotopic (exact) mass is 619 g/mol. The van der Waals surface area contributed by atoms with Gasteiger partial charge in [0.15, 0.2) is 12.0 Å². The van der Waals surface area contributed by atoms with E-state index in [1.165, 1.54) is 0 Å². The number of carbonyl (C=O) groups excluding carboxylic acids is 5. The van der Waals surface area contributed by atoms with E-state index in [0.717, 1.165) is 31.2 Å². The summed E-state index contributed by atoms with van der Waals surface area (Å²) in [6.07, 6.45) is 4.18. The third-order valence-electron chi connectivity index (χ3n) is 6.91. The van der Waals surface area contributed by atoms with Gasteiger partial charge in [-0.2, -0.15) is 0 Å². The first-order valence-corrected chi connectivity index (χ1v) is 15.0. The van der Waals surface area contributed by atoms with Gasteiger partial charge in [0.05, 0.1) is 12.5 Å². The number of ether oxygens (including phenoxy) is 1. The van der Waals surface area contributed by atoms with Crippen LogP contribution >= 0.6 is 0 Å². The molecule has 0 aliphatic heterocycles. The van der Waals surface area contributed by atoms with Crippen molar-refractivity contribution in [2.24, 2.45) is 0 Å². The summed E-state index contributed by atoms with van der Waals surface area (Å²) in [6.45, 7) is 1.82. The molecule has 1 aromatic carbocycles. The highest BCUT2D eigenvalue weighted by Crippen LogP contribution is 2.12. The predicted molar refractivity (Wildman–Crippen MR) is 159 cm³/mol.